The lowest BCUT2D eigenvalue weighted by molar-refractivity contribution is 0.291. The fourth-order valence-corrected chi connectivity index (χ4v) is 3.69. The summed E-state index contributed by atoms with van der Waals surface area (Å²) in [5.41, 5.74) is 6.33. The highest BCUT2D eigenvalue weighted by Gasteiger charge is 2.32. The van der Waals surface area contributed by atoms with E-state index in [-0.39, 0.29) is 6.84 Å². The van der Waals surface area contributed by atoms with Crippen LogP contribution in [0.15, 0.2) is 72.5 Å². The summed E-state index contributed by atoms with van der Waals surface area (Å²) in [5, 5.41) is 3.22. The first kappa shape index (κ1) is 20.1. The normalized spacial score (nSPS) is 16.5. The van der Waals surface area contributed by atoms with E-state index in [1.807, 2.05) is 6.92 Å². The maximum absolute atomic E-state index is 14.0. The second-order valence-corrected chi connectivity index (χ2v) is 8.45. The molecule has 0 spiro atoms. The van der Waals surface area contributed by atoms with E-state index in [1.165, 1.54) is 5.56 Å². The van der Waals surface area contributed by atoms with Crippen molar-refractivity contribution < 1.29 is 10.6 Å². The lowest BCUT2D eigenvalue weighted by Gasteiger charge is -2.17. The molecule has 5 heteroatoms. The van der Waals surface area contributed by atoms with Crippen molar-refractivity contribution in [2.24, 2.45) is 0 Å². The van der Waals surface area contributed by atoms with Gasteiger partial charge in [0.25, 0.3) is 0 Å². The van der Waals surface area contributed by atoms with Crippen molar-refractivity contribution in [1.29, 1.82) is 0 Å². The number of allylic oxidation sites excluding steroid dienone is 4. The van der Waals surface area contributed by atoms with Crippen LogP contribution in [0.4, 0.5) is 10.2 Å². The molecule has 1 fully saturated rings. The molecule has 156 valence electrons. The zero-order chi connectivity index (χ0) is 21.5. The topological polar surface area (TPSA) is 47.0 Å². The molecule has 1 saturated carbocycles. The monoisotopic (exact) mass is 405 g/mol. The molecule has 30 heavy (non-hydrogen) atoms. The molecule has 4 nitrogen and oxygen atoms in total. The number of fused-ring (bicyclic) bond motifs is 1. The minimum atomic E-state index is -0.500. The summed E-state index contributed by atoms with van der Waals surface area (Å²) >= 11 is 0. The van der Waals surface area contributed by atoms with Gasteiger partial charge in [0, 0.05) is 29.2 Å². The molecule has 0 atom stereocenters. The molecule has 1 aliphatic carbocycles. The fraction of sp³-hybridized carbons (Fsp3) is 0.280. The standard InChI is InChI=1S/C25H26FN3O.H2/c1-6-7-18(16(3)26)24(17-8-9-17)29-23-13-27-21(12-28-23)19-11-20-22(10-15(19)2)30-14-25(20,4)5;/h6-7,10-13H,1,3,8-9,14H2,2,4-5H3,(H,28,29);1H/b18-7+;. The number of aryl methyl sites for hydroxylation is 1. The first-order chi connectivity index (χ1) is 14.3. The Kier molecular flexibility index (Phi) is 5.06. The number of aromatic nitrogens is 2. The van der Waals surface area contributed by atoms with Gasteiger partial charge in [-0.1, -0.05) is 39.2 Å². The van der Waals surface area contributed by atoms with E-state index in [4.69, 9.17) is 4.74 Å². The quantitative estimate of drug-likeness (QED) is 0.563. The van der Waals surface area contributed by atoms with Gasteiger partial charge in [0.2, 0.25) is 0 Å². The summed E-state index contributed by atoms with van der Waals surface area (Å²) in [6, 6.07) is 4.23. The smallest absolute Gasteiger partial charge is 0.148 e. The number of benzene rings is 1. The fourth-order valence-electron chi connectivity index (χ4n) is 3.69. The Labute approximate surface area is 178 Å². The van der Waals surface area contributed by atoms with Crippen LogP contribution in [0.1, 0.15) is 39.2 Å². The van der Waals surface area contributed by atoms with Crippen LogP contribution in [0, 0.1) is 6.92 Å². The van der Waals surface area contributed by atoms with Gasteiger partial charge in [-0.3, -0.25) is 4.98 Å². The molecule has 2 aromatic rings. The number of halogens is 1. The zero-order valence-electron chi connectivity index (χ0n) is 17.7. The number of hydrogen-bond acceptors (Lipinski definition) is 4. The van der Waals surface area contributed by atoms with Crippen LogP contribution in [0.3, 0.4) is 0 Å². The van der Waals surface area contributed by atoms with Gasteiger partial charge < -0.3 is 10.1 Å². The summed E-state index contributed by atoms with van der Waals surface area (Å²) in [6.07, 6.45) is 8.47. The third-order valence-electron chi connectivity index (χ3n) is 5.52. The number of nitrogens with zero attached hydrogens (tertiary/aromatic N) is 2. The Morgan fingerprint density at radius 3 is 2.63 bits per heavy atom. The molecule has 1 N–H and O–H groups in total. The maximum atomic E-state index is 14.0. The van der Waals surface area contributed by atoms with E-state index >= 15 is 0 Å². The van der Waals surface area contributed by atoms with Gasteiger partial charge in [0.05, 0.1) is 24.7 Å². The Hall–Kier alpha value is -3.21. The van der Waals surface area contributed by atoms with E-state index < -0.39 is 5.83 Å². The Morgan fingerprint density at radius 2 is 2.03 bits per heavy atom. The van der Waals surface area contributed by atoms with Crippen molar-refractivity contribution >= 4 is 5.82 Å². The number of rotatable bonds is 6. The predicted octanol–water partition coefficient (Wildman–Crippen LogP) is 6.42. The third kappa shape index (κ3) is 3.80. The van der Waals surface area contributed by atoms with Gasteiger partial charge in [-0.15, -0.1) is 0 Å². The van der Waals surface area contributed by atoms with Crippen LogP contribution in [0.5, 0.6) is 5.75 Å². The Balaban J connectivity index is 0.00000272. The molecule has 1 aromatic carbocycles. The molecular weight excluding hydrogens is 377 g/mol. The Bertz CT molecular complexity index is 1090. The highest BCUT2D eigenvalue weighted by molar-refractivity contribution is 5.68. The predicted molar refractivity (Wildman–Crippen MR) is 121 cm³/mol. The first-order valence-electron chi connectivity index (χ1n) is 10.1. The van der Waals surface area contributed by atoms with E-state index in [9.17, 15) is 4.39 Å². The van der Waals surface area contributed by atoms with Gasteiger partial charge in [-0.25, -0.2) is 9.37 Å². The van der Waals surface area contributed by atoms with Crippen LogP contribution >= 0.6 is 0 Å². The molecule has 4 rings (SSSR count). The van der Waals surface area contributed by atoms with Crippen molar-refractivity contribution in [3.63, 3.8) is 0 Å². The van der Waals surface area contributed by atoms with Crippen LogP contribution in [-0.4, -0.2) is 16.6 Å². The summed E-state index contributed by atoms with van der Waals surface area (Å²) in [7, 11) is 0. The molecule has 1 aliphatic heterocycles. The highest BCUT2D eigenvalue weighted by atomic mass is 19.1. The van der Waals surface area contributed by atoms with E-state index in [1.54, 1.807) is 24.5 Å². The molecule has 1 aromatic heterocycles. The van der Waals surface area contributed by atoms with Crippen molar-refractivity contribution in [3.05, 3.63) is 83.6 Å². The summed E-state index contributed by atoms with van der Waals surface area (Å²) in [6.45, 7) is 14.2. The maximum Gasteiger partial charge on any atom is 0.148 e. The zero-order valence-corrected chi connectivity index (χ0v) is 17.7. The SMILES string of the molecule is C=C/C=C(\C(=C)F)C(Nc1cnc(-c2cc3c(cc2C)OCC3(C)C)cn1)=C1CC1.[HH]. The molecule has 0 bridgehead atoms. The summed E-state index contributed by atoms with van der Waals surface area (Å²) in [5.74, 6) is 1.01. The van der Waals surface area contributed by atoms with Crippen LogP contribution < -0.4 is 10.1 Å². The molecule has 2 heterocycles. The van der Waals surface area contributed by atoms with E-state index in [0.29, 0.717) is 23.7 Å². The molecular formula is C25H28FN3O. The molecule has 2 aliphatic rings. The second kappa shape index (κ2) is 7.56. The van der Waals surface area contributed by atoms with E-state index in [2.05, 4.69) is 54.4 Å². The van der Waals surface area contributed by atoms with Crippen molar-refractivity contribution in [2.45, 2.75) is 39.0 Å². The lowest BCUT2D eigenvalue weighted by atomic mass is 9.85. The van der Waals surface area contributed by atoms with E-state index in [0.717, 1.165) is 41.0 Å². The number of ether oxygens (including phenoxy) is 1. The van der Waals surface area contributed by atoms with Crippen molar-refractivity contribution in [2.75, 3.05) is 11.9 Å². The molecule has 0 unspecified atom stereocenters. The average Bonchev–Trinajstić information content (AvgIpc) is 3.50. The van der Waals surface area contributed by atoms with Crippen molar-refractivity contribution in [3.8, 4) is 17.0 Å². The molecule has 0 amide bonds. The van der Waals surface area contributed by atoms with Crippen LogP contribution in [0.25, 0.3) is 11.3 Å². The molecule has 0 saturated heterocycles. The highest BCUT2D eigenvalue weighted by Crippen LogP contribution is 2.42. The first-order valence-corrected chi connectivity index (χ1v) is 10.1. The van der Waals surface area contributed by atoms with Gasteiger partial charge in [0.15, 0.2) is 0 Å². The van der Waals surface area contributed by atoms with Gasteiger partial charge in [-0.2, -0.15) is 0 Å². The third-order valence-corrected chi connectivity index (χ3v) is 5.52. The Morgan fingerprint density at radius 1 is 1.27 bits per heavy atom. The second-order valence-electron chi connectivity index (χ2n) is 8.45. The minimum Gasteiger partial charge on any atom is -0.492 e. The summed E-state index contributed by atoms with van der Waals surface area (Å²) in [4.78, 5) is 9.16. The van der Waals surface area contributed by atoms with Crippen LogP contribution in [-0.2, 0) is 5.41 Å². The van der Waals surface area contributed by atoms with Crippen molar-refractivity contribution in [1.82, 2.24) is 9.97 Å². The average molecular weight is 406 g/mol. The number of hydrogen-bond donors (Lipinski definition) is 1. The largest absolute Gasteiger partial charge is 0.492 e. The minimum absolute atomic E-state index is 0. The lowest BCUT2D eigenvalue weighted by Crippen LogP contribution is -2.18. The number of anilines is 1. The van der Waals surface area contributed by atoms with Gasteiger partial charge in [0.1, 0.15) is 17.4 Å². The van der Waals surface area contributed by atoms with Crippen LogP contribution in [0.2, 0.25) is 0 Å². The van der Waals surface area contributed by atoms with Gasteiger partial charge >= 0.3 is 0 Å². The summed E-state index contributed by atoms with van der Waals surface area (Å²) < 4.78 is 19.8. The van der Waals surface area contributed by atoms with Gasteiger partial charge in [-0.05, 0) is 43.0 Å². The molecule has 0 radical (unpaired) electrons. The number of nitrogens with one attached hydrogen (secondary N) is 1.